The predicted molar refractivity (Wildman–Crippen MR) is 170 cm³/mol. The molecule has 2 aliphatic rings. The molecule has 0 unspecified atom stereocenters. The van der Waals surface area contributed by atoms with E-state index in [0.717, 1.165) is 0 Å². The van der Waals surface area contributed by atoms with Crippen molar-refractivity contribution in [1.82, 2.24) is 0 Å². The van der Waals surface area contributed by atoms with Crippen LogP contribution in [0, 0.1) is 27.7 Å². The molecular formula is C40H30. The Balaban J connectivity index is 1.55. The first-order chi connectivity index (χ1) is 19.5. The van der Waals surface area contributed by atoms with Crippen LogP contribution in [0.15, 0.2) is 109 Å². The van der Waals surface area contributed by atoms with Crippen LogP contribution in [0.4, 0.5) is 0 Å². The van der Waals surface area contributed by atoms with Crippen LogP contribution in [0.2, 0.25) is 0 Å². The highest BCUT2D eigenvalue weighted by molar-refractivity contribution is 6.31. The number of hydrogen-bond donors (Lipinski definition) is 0. The summed E-state index contributed by atoms with van der Waals surface area (Å²) >= 11 is 0. The Hall–Kier alpha value is -4.68. The summed E-state index contributed by atoms with van der Waals surface area (Å²) in [4.78, 5) is 0. The first kappa shape index (κ1) is 23.2. The zero-order valence-electron chi connectivity index (χ0n) is 23.4. The Morgan fingerprint density at radius 3 is 1.00 bits per heavy atom. The molecular weight excluding hydrogens is 480 g/mol. The Morgan fingerprint density at radius 2 is 0.625 bits per heavy atom. The zero-order valence-corrected chi connectivity index (χ0v) is 23.4. The van der Waals surface area contributed by atoms with Crippen LogP contribution in [-0.2, 0) is 0 Å². The third-order valence-electron chi connectivity index (χ3n) is 9.17. The maximum absolute atomic E-state index is 2.43. The standard InChI is InChI=1S/C40H30/c1-23-17-33-35(19-25(23)3)39-38(32-16-14-28-10-6-8-12-30(28)22-32)34-18-24(2)26(4)20-36(34)40(39)37(33)31-15-13-27-9-5-7-11-29(27)21-31/h5-22H,1-4H3. The van der Waals surface area contributed by atoms with Crippen molar-refractivity contribution in [2.75, 3.05) is 0 Å². The van der Waals surface area contributed by atoms with Crippen LogP contribution in [0.1, 0.15) is 33.4 Å². The van der Waals surface area contributed by atoms with Gasteiger partial charge in [0.15, 0.2) is 0 Å². The zero-order chi connectivity index (χ0) is 27.1. The quantitative estimate of drug-likeness (QED) is 0.245. The van der Waals surface area contributed by atoms with Gasteiger partial charge in [-0.1, -0.05) is 97.1 Å². The van der Waals surface area contributed by atoms with E-state index in [1.807, 2.05) is 0 Å². The smallest absolute Gasteiger partial charge is 0.000753 e. The maximum Gasteiger partial charge on any atom is -0.000753 e. The molecule has 0 aliphatic heterocycles. The molecule has 2 aliphatic carbocycles. The van der Waals surface area contributed by atoms with Crippen molar-refractivity contribution in [3.8, 4) is 0 Å². The molecule has 0 nitrogen and oxygen atoms in total. The van der Waals surface area contributed by atoms with Crippen LogP contribution in [0.3, 0.4) is 0 Å². The van der Waals surface area contributed by atoms with E-state index in [0.29, 0.717) is 0 Å². The molecule has 0 heteroatoms. The van der Waals surface area contributed by atoms with E-state index in [4.69, 9.17) is 0 Å². The molecule has 0 fully saturated rings. The van der Waals surface area contributed by atoms with Gasteiger partial charge in [0.25, 0.3) is 0 Å². The third-order valence-corrected chi connectivity index (χ3v) is 9.17. The summed E-state index contributed by atoms with van der Waals surface area (Å²) in [6.45, 7) is 8.98. The van der Waals surface area contributed by atoms with E-state index in [1.54, 1.807) is 0 Å². The largest absolute Gasteiger partial charge is 0.0616 e. The van der Waals surface area contributed by atoms with Gasteiger partial charge in [-0.3, -0.25) is 0 Å². The molecule has 0 spiro atoms. The summed E-state index contributed by atoms with van der Waals surface area (Å²) in [5, 5.41) is 10.5. The van der Waals surface area contributed by atoms with Gasteiger partial charge < -0.3 is 0 Å². The van der Waals surface area contributed by atoms with Gasteiger partial charge in [-0.15, -0.1) is 0 Å². The fourth-order valence-corrected chi connectivity index (χ4v) is 6.81. The highest BCUT2D eigenvalue weighted by Crippen LogP contribution is 2.40. The fraction of sp³-hybridized carbons (Fsp3) is 0.100. The van der Waals surface area contributed by atoms with Gasteiger partial charge in [-0.05, 0) is 138 Å². The van der Waals surface area contributed by atoms with E-state index in [2.05, 4.69) is 137 Å². The Morgan fingerprint density at radius 1 is 0.300 bits per heavy atom. The Kier molecular flexibility index (Phi) is 4.88. The highest BCUT2D eigenvalue weighted by atomic mass is 14.3. The molecule has 190 valence electrons. The van der Waals surface area contributed by atoms with Gasteiger partial charge >= 0.3 is 0 Å². The van der Waals surface area contributed by atoms with Crippen LogP contribution in [0.25, 0.3) is 43.8 Å². The lowest BCUT2D eigenvalue weighted by molar-refractivity contribution is 1.29. The molecule has 6 aromatic carbocycles. The first-order valence-corrected chi connectivity index (χ1v) is 14.2. The average molecular weight is 511 g/mol. The van der Waals surface area contributed by atoms with Gasteiger partial charge in [0, 0.05) is 0 Å². The lowest BCUT2D eigenvalue weighted by Crippen LogP contribution is -2.30. The Bertz CT molecular complexity index is 2180. The second-order valence-corrected chi connectivity index (χ2v) is 11.6. The Labute approximate surface area is 234 Å². The summed E-state index contributed by atoms with van der Waals surface area (Å²) in [5.74, 6) is 0. The fourth-order valence-electron chi connectivity index (χ4n) is 6.81. The van der Waals surface area contributed by atoms with Crippen molar-refractivity contribution in [2.24, 2.45) is 0 Å². The number of aryl methyl sites for hydroxylation is 4. The van der Waals surface area contributed by atoms with Crippen molar-refractivity contribution < 1.29 is 0 Å². The second kappa shape index (κ2) is 8.41. The third kappa shape index (κ3) is 3.26. The van der Waals surface area contributed by atoms with Gasteiger partial charge in [-0.2, -0.15) is 0 Å². The topological polar surface area (TPSA) is 0 Å². The van der Waals surface area contributed by atoms with Gasteiger partial charge in [-0.25, -0.2) is 0 Å². The summed E-state index contributed by atoms with van der Waals surface area (Å²) < 4.78 is 0. The molecule has 0 radical (unpaired) electrons. The van der Waals surface area contributed by atoms with Crippen LogP contribution < -0.4 is 20.9 Å². The molecule has 0 saturated heterocycles. The van der Waals surface area contributed by atoms with Crippen molar-refractivity contribution in [2.45, 2.75) is 27.7 Å². The summed E-state index contributed by atoms with van der Waals surface area (Å²) in [6.07, 6.45) is 0. The van der Waals surface area contributed by atoms with E-state index < -0.39 is 0 Å². The molecule has 0 amide bonds. The predicted octanol–water partition coefficient (Wildman–Crippen LogP) is 6.65. The number of fused-ring (bicyclic) bond motifs is 5. The molecule has 0 heterocycles. The lowest BCUT2D eigenvalue weighted by atomic mass is 9.90. The molecule has 0 atom stereocenters. The van der Waals surface area contributed by atoms with Gasteiger partial charge in [0.1, 0.15) is 0 Å². The van der Waals surface area contributed by atoms with E-state index in [-0.39, 0.29) is 0 Å². The average Bonchev–Trinajstić information content (AvgIpc) is 3.44. The van der Waals surface area contributed by atoms with Crippen LogP contribution in [-0.4, -0.2) is 0 Å². The number of rotatable bonds is 2. The minimum atomic E-state index is 1.28. The molecule has 0 bridgehead atoms. The molecule has 40 heavy (non-hydrogen) atoms. The van der Waals surface area contributed by atoms with Crippen molar-refractivity contribution >= 4 is 43.8 Å². The summed E-state index contributed by atoms with van der Waals surface area (Å²) in [7, 11) is 0. The minimum absolute atomic E-state index is 1.28. The van der Waals surface area contributed by atoms with E-state index in [9.17, 15) is 0 Å². The van der Waals surface area contributed by atoms with Crippen molar-refractivity contribution in [3.05, 3.63) is 163 Å². The van der Waals surface area contributed by atoms with Crippen molar-refractivity contribution in [1.29, 1.82) is 0 Å². The highest BCUT2D eigenvalue weighted by Gasteiger charge is 2.30. The molecule has 0 aromatic heterocycles. The number of benzene rings is 6. The minimum Gasteiger partial charge on any atom is -0.0616 e. The molecule has 6 aromatic rings. The summed E-state index contributed by atoms with van der Waals surface area (Å²) in [5.41, 5.74) is 13.4. The van der Waals surface area contributed by atoms with E-state index >= 15 is 0 Å². The van der Waals surface area contributed by atoms with Gasteiger partial charge in [0.2, 0.25) is 0 Å². The van der Waals surface area contributed by atoms with Crippen LogP contribution in [0.5, 0.6) is 0 Å². The SMILES string of the molecule is Cc1cc2c(cc1C)=C(c1ccc3ccccc3c1)C1=c3cc(C)c(C)cc3=C(c3ccc4ccccc4c3)C=21. The maximum atomic E-state index is 2.43. The normalized spacial score (nSPS) is 13.8. The van der Waals surface area contributed by atoms with Crippen molar-refractivity contribution in [3.63, 3.8) is 0 Å². The van der Waals surface area contributed by atoms with Crippen LogP contribution >= 0.6 is 0 Å². The van der Waals surface area contributed by atoms with Gasteiger partial charge in [0.05, 0.1) is 0 Å². The monoisotopic (exact) mass is 510 g/mol. The number of hydrogen-bond acceptors (Lipinski definition) is 0. The summed E-state index contributed by atoms with van der Waals surface area (Å²) in [6, 6.07) is 41.1. The lowest BCUT2D eigenvalue weighted by Gasteiger charge is -2.12. The van der Waals surface area contributed by atoms with E-state index in [1.165, 1.54) is 98.1 Å². The first-order valence-electron chi connectivity index (χ1n) is 14.2. The molecule has 0 N–H and O–H groups in total. The second-order valence-electron chi connectivity index (χ2n) is 11.6. The molecule has 8 rings (SSSR count). The molecule has 0 saturated carbocycles.